The number of methoxy groups -OCH3 is 2. The first-order chi connectivity index (χ1) is 14.7. The lowest BCUT2D eigenvalue weighted by atomic mass is 10.1. The maximum atomic E-state index is 12.6. The average Bonchev–Trinajstić information content (AvgIpc) is 3.20. The second-order valence-corrected chi connectivity index (χ2v) is 8.23. The highest BCUT2D eigenvalue weighted by Crippen LogP contribution is 2.26. The van der Waals surface area contributed by atoms with Gasteiger partial charge in [0, 0.05) is 43.9 Å². The maximum Gasteiger partial charge on any atom is 0.246 e. The van der Waals surface area contributed by atoms with Crippen LogP contribution in [0.3, 0.4) is 0 Å². The fourth-order valence-electron chi connectivity index (χ4n) is 3.53. The minimum atomic E-state index is 0.0208. The average molecular weight is 424 g/mol. The first-order valence-corrected chi connectivity index (χ1v) is 10.7. The van der Waals surface area contributed by atoms with Gasteiger partial charge in [-0.05, 0) is 30.3 Å². The first kappa shape index (κ1) is 20.4. The third kappa shape index (κ3) is 4.63. The minimum Gasteiger partial charge on any atom is -0.497 e. The summed E-state index contributed by atoms with van der Waals surface area (Å²) in [5.41, 5.74) is 1.91. The van der Waals surface area contributed by atoms with E-state index in [1.807, 2.05) is 35.2 Å². The smallest absolute Gasteiger partial charge is 0.246 e. The standard InChI is InChI=1S/C23H25N3O3S/c1-28-18-9-7-17(20(15-18)29-2)8-10-23(27)26-13-11-25(12-14-26)16-22-24-19-5-3-4-6-21(19)30-22/h3-10,15H,11-14,16H2,1-2H3. The first-order valence-electron chi connectivity index (χ1n) is 9.92. The summed E-state index contributed by atoms with van der Waals surface area (Å²) in [7, 11) is 3.23. The van der Waals surface area contributed by atoms with Crippen LogP contribution in [0.15, 0.2) is 48.5 Å². The molecule has 30 heavy (non-hydrogen) atoms. The summed E-state index contributed by atoms with van der Waals surface area (Å²) in [4.78, 5) is 21.6. The monoisotopic (exact) mass is 423 g/mol. The minimum absolute atomic E-state index is 0.0208. The molecule has 1 saturated heterocycles. The van der Waals surface area contributed by atoms with Crippen molar-refractivity contribution in [1.29, 1.82) is 0 Å². The van der Waals surface area contributed by atoms with Gasteiger partial charge in [0.1, 0.15) is 16.5 Å². The Balaban J connectivity index is 1.32. The molecule has 4 rings (SSSR count). The van der Waals surface area contributed by atoms with Gasteiger partial charge in [-0.2, -0.15) is 0 Å². The fourth-order valence-corrected chi connectivity index (χ4v) is 4.54. The lowest BCUT2D eigenvalue weighted by Gasteiger charge is -2.33. The second kappa shape index (κ2) is 9.28. The van der Waals surface area contributed by atoms with Crippen molar-refractivity contribution in [3.63, 3.8) is 0 Å². The Bertz CT molecular complexity index is 1020. The van der Waals surface area contributed by atoms with Crippen LogP contribution in [0.25, 0.3) is 16.3 Å². The van der Waals surface area contributed by atoms with Gasteiger partial charge in [0.25, 0.3) is 0 Å². The topological polar surface area (TPSA) is 54.9 Å². The molecule has 1 aliphatic rings. The van der Waals surface area contributed by atoms with E-state index < -0.39 is 0 Å². The van der Waals surface area contributed by atoms with Crippen molar-refractivity contribution in [1.82, 2.24) is 14.8 Å². The molecule has 7 heteroatoms. The molecule has 0 spiro atoms. The molecule has 0 aliphatic carbocycles. The lowest BCUT2D eigenvalue weighted by Crippen LogP contribution is -2.47. The lowest BCUT2D eigenvalue weighted by molar-refractivity contribution is -0.127. The highest BCUT2D eigenvalue weighted by atomic mass is 32.1. The number of thiazole rings is 1. The van der Waals surface area contributed by atoms with Crippen LogP contribution in [0.1, 0.15) is 10.6 Å². The van der Waals surface area contributed by atoms with E-state index >= 15 is 0 Å². The van der Waals surface area contributed by atoms with Crippen molar-refractivity contribution >= 4 is 33.5 Å². The molecule has 0 N–H and O–H groups in total. The third-order valence-corrected chi connectivity index (χ3v) is 6.25. The molecular formula is C23H25N3O3S. The van der Waals surface area contributed by atoms with Gasteiger partial charge in [-0.15, -0.1) is 11.3 Å². The number of hydrogen-bond acceptors (Lipinski definition) is 6. The summed E-state index contributed by atoms with van der Waals surface area (Å²) < 4.78 is 11.8. The predicted octanol–water partition coefficient (Wildman–Crippen LogP) is 3.67. The van der Waals surface area contributed by atoms with Gasteiger partial charge in [0.05, 0.1) is 31.0 Å². The summed E-state index contributed by atoms with van der Waals surface area (Å²) in [6.45, 7) is 3.96. The number of para-hydroxylation sites is 1. The number of nitrogens with zero attached hydrogens (tertiary/aromatic N) is 3. The zero-order chi connectivity index (χ0) is 20.9. The number of piperazine rings is 1. The van der Waals surface area contributed by atoms with Crippen molar-refractivity contribution < 1.29 is 14.3 Å². The van der Waals surface area contributed by atoms with Crippen LogP contribution in [-0.2, 0) is 11.3 Å². The molecule has 0 bridgehead atoms. The van der Waals surface area contributed by atoms with Crippen LogP contribution in [0.4, 0.5) is 0 Å². The summed E-state index contributed by atoms with van der Waals surface area (Å²) in [5.74, 6) is 1.42. The van der Waals surface area contributed by atoms with Crippen molar-refractivity contribution in [2.45, 2.75) is 6.54 Å². The normalized spacial score (nSPS) is 15.1. The quantitative estimate of drug-likeness (QED) is 0.566. The van der Waals surface area contributed by atoms with Crippen LogP contribution in [0, 0.1) is 0 Å². The number of ether oxygens (including phenoxy) is 2. The van der Waals surface area contributed by atoms with Crippen molar-refractivity contribution in [3.05, 3.63) is 59.1 Å². The van der Waals surface area contributed by atoms with Gasteiger partial charge in [-0.1, -0.05) is 12.1 Å². The number of rotatable bonds is 6. The van der Waals surface area contributed by atoms with E-state index in [0.717, 1.165) is 41.5 Å². The fraction of sp³-hybridized carbons (Fsp3) is 0.304. The molecule has 3 aromatic rings. The summed E-state index contributed by atoms with van der Waals surface area (Å²) in [6, 6.07) is 13.8. The number of carbonyl (C=O) groups is 1. The summed E-state index contributed by atoms with van der Waals surface area (Å²) in [6.07, 6.45) is 3.42. The SMILES string of the molecule is COc1ccc(C=CC(=O)N2CCN(Cc3nc4ccccc4s3)CC2)c(OC)c1. The third-order valence-electron chi connectivity index (χ3n) is 5.23. The van der Waals surface area contributed by atoms with Gasteiger partial charge < -0.3 is 14.4 Å². The Kier molecular flexibility index (Phi) is 6.30. The highest BCUT2D eigenvalue weighted by molar-refractivity contribution is 7.18. The number of aromatic nitrogens is 1. The van der Waals surface area contributed by atoms with E-state index in [4.69, 9.17) is 14.5 Å². The molecule has 2 aromatic carbocycles. The van der Waals surface area contributed by atoms with Crippen LogP contribution in [-0.4, -0.2) is 61.1 Å². The van der Waals surface area contributed by atoms with Crippen molar-refractivity contribution in [2.24, 2.45) is 0 Å². The van der Waals surface area contributed by atoms with Gasteiger partial charge in [0.15, 0.2) is 0 Å². The Labute approximate surface area is 180 Å². The molecule has 1 fully saturated rings. The summed E-state index contributed by atoms with van der Waals surface area (Å²) in [5, 5.41) is 1.13. The van der Waals surface area contributed by atoms with E-state index in [1.54, 1.807) is 37.7 Å². The van der Waals surface area contributed by atoms with Crippen LogP contribution in [0.2, 0.25) is 0 Å². The zero-order valence-electron chi connectivity index (χ0n) is 17.2. The molecule has 156 valence electrons. The summed E-state index contributed by atoms with van der Waals surface area (Å²) >= 11 is 1.74. The van der Waals surface area contributed by atoms with Crippen LogP contribution < -0.4 is 9.47 Å². The molecule has 0 atom stereocenters. The van der Waals surface area contributed by atoms with Crippen molar-refractivity contribution in [2.75, 3.05) is 40.4 Å². The number of fused-ring (bicyclic) bond motifs is 1. The van der Waals surface area contributed by atoms with E-state index in [2.05, 4.69) is 17.0 Å². The predicted molar refractivity (Wildman–Crippen MR) is 120 cm³/mol. The van der Waals surface area contributed by atoms with Gasteiger partial charge in [-0.25, -0.2) is 4.98 Å². The van der Waals surface area contributed by atoms with E-state index in [1.165, 1.54) is 4.70 Å². The van der Waals surface area contributed by atoms with Crippen LogP contribution >= 0.6 is 11.3 Å². The number of benzene rings is 2. The molecule has 2 heterocycles. The molecule has 1 amide bonds. The molecule has 0 radical (unpaired) electrons. The maximum absolute atomic E-state index is 12.6. The second-order valence-electron chi connectivity index (χ2n) is 7.12. The molecule has 1 aliphatic heterocycles. The largest absolute Gasteiger partial charge is 0.497 e. The van der Waals surface area contributed by atoms with Gasteiger partial charge in [0.2, 0.25) is 5.91 Å². The molecule has 0 saturated carbocycles. The van der Waals surface area contributed by atoms with E-state index in [0.29, 0.717) is 18.8 Å². The van der Waals surface area contributed by atoms with Gasteiger partial charge in [-0.3, -0.25) is 9.69 Å². The number of amides is 1. The Morgan fingerprint density at radius 1 is 1.10 bits per heavy atom. The number of carbonyl (C=O) groups excluding carboxylic acids is 1. The molecular weight excluding hydrogens is 398 g/mol. The van der Waals surface area contributed by atoms with Crippen molar-refractivity contribution in [3.8, 4) is 11.5 Å². The zero-order valence-corrected chi connectivity index (χ0v) is 18.0. The molecule has 0 unspecified atom stereocenters. The van der Waals surface area contributed by atoms with E-state index in [9.17, 15) is 4.79 Å². The number of hydrogen-bond donors (Lipinski definition) is 0. The Morgan fingerprint density at radius 2 is 1.90 bits per heavy atom. The highest BCUT2D eigenvalue weighted by Gasteiger charge is 2.20. The van der Waals surface area contributed by atoms with Gasteiger partial charge >= 0.3 is 0 Å². The molecule has 6 nitrogen and oxygen atoms in total. The van der Waals surface area contributed by atoms with E-state index in [-0.39, 0.29) is 5.91 Å². The van der Waals surface area contributed by atoms with Crippen LogP contribution in [0.5, 0.6) is 11.5 Å². The molecule has 1 aromatic heterocycles. The Morgan fingerprint density at radius 3 is 2.63 bits per heavy atom. The Hall–Kier alpha value is -2.90.